The molecule has 2 nitrogen and oxygen atoms in total. The molecule has 1 aliphatic rings. The lowest BCUT2D eigenvalue weighted by atomic mass is 9.90. The van der Waals surface area contributed by atoms with Crippen LogP contribution in [0.3, 0.4) is 0 Å². The van der Waals surface area contributed by atoms with E-state index in [1.54, 1.807) is 0 Å². The Morgan fingerprint density at radius 3 is 2.76 bits per heavy atom. The number of H-pyrrole nitrogens is 1. The summed E-state index contributed by atoms with van der Waals surface area (Å²) in [6.45, 7) is 5.45. The van der Waals surface area contributed by atoms with Crippen LogP contribution in [0, 0.1) is 13.8 Å². The Morgan fingerprint density at radius 1 is 1.00 bits per heavy atom. The van der Waals surface area contributed by atoms with Crippen LogP contribution in [-0.2, 0) is 6.42 Å². The number of para-hydroxylation sites is 1. The lowest BCUT2D eigenvalue weighted by Crippen LogP contribution is -2.31. The summed E-state index contributed by atoms with van der Waals surface area (Å²) in [4.78, 5) is 3.65. The Hall–Kier alpha value is -2.06. The number of aryl methyl sites for hydroxylation is 1. The van der Waals surface area contributed by atoms with E-state index in [1.807, 2.05) is 0 Å². The van der Waals surface area contributed by atoms with Crippen LogP contribution in [0.1, 0.15) is 34.0 Å². The van der Waals surface area contributed by atoms with E-state index in [4.69, 9.17) is 0 Å². The number of aromatic amines is 1. The molecule has 2 heterocycles. The van der Waals surface area contributed by atoms with Crippen LogP contribution in [0.25, 0.3) is 10.9 Å². The van der Waals surface area contributed by atoms with Gasteiger partial charge >= 0.3 is 0 Å². The average Bonchev–Trinajstić information content (AvgIpc) is 2.89. The Morgan fingerprint density at radius 2 is 1.86 bits per heavy atom. The van der Waals surface area contributed by atoms with Crippen LogP contribution in [-0.4, -0.2) is 11.5 Å². The van der Waals surface area contributed by atoms with Crippen molar-refractivity contribution in [3.8, 4) is 0 Å². The molecule has 2 N–H and O–H groups in total. The lowest BCUT2D eigenvalue weighted by molar-refractivity contribution is 0.558. The molecule has 2 aromatic carbocycles. The number of benzene rings is 2. The number of rotatable bonds is 1. The van der Waals surface area contributed by atoms with Crippen LogP contribution in [0.15, 0.2) is 42.5 Å². The Bertz CT molecular complexity index is 814. The largest absolute Gasteiger partial charge is 0.357 e. The van der Waals surface area contributed by atoms with Crippen LogP contribution >= 0.6 is 0 Å². The lowest BCUT2D eigenvalue weighted by Gasteiger charge is -2.26. The first-order valence-electron chi connectivity index (χ1n) is 7.64. The molecule has 0 radical (unpaired) electrons. The number of fused-ring (bicyclic) bond motifs is 3. The van der Waals surface area contributed by atoms with Gasteiger partial charge in [-0.15, -0.1) is 0 Å². The summed E-state index contributed by atoms with van der Waals surface area (Å²) in [5, 5.41) is 5.07. The van der Waals surface area contributed by atoms with E-state index in [0.717, 1.165) is 13.0 Å². The summed E-state index contributed by atoms with van der Waals surface area (Å²) in [6, 6.07) is 15.5. The first kappa shape index (κ1) is 12.7. The Kier molecular flexibility index (Phi) is 2.86. The summed E-state index contributed by atoms with van der Waals surface area (Å²) in [7, 11) is 0. The van der Waals surface area contributed by atoms with Gasteiger partial charge in [-0.1, -0.05) is 36.4 Å². The predicted molar refractivity (Wildman–Crippen MR) is 87.8 cm³/mol. The van der Waals surface area contributed by atoms with Gasteiger partial charge in [0.05, 0.1) is 6.04 Å². The van der Waals surface area contributed by atoms with Crippen molar-refractivity contribution in [2.45, 2.75) is 26.3 Å². The van der Waals surface area contributed by atoms with Gasteiger partial charge < -0.3 is 10.3 Å². The number of aromatic nitrogens is 1. The van der Waals surface area contributed by atoms with Gasteiger partial charge in [0, 0.05) is 23.1 Å². The molecule has 1 unspecified atom stereocenters. The first-order valence-corrected chi connectivity index (χ1v) is 7.64. The van der Waals surface area contributed by atoms with Crippen LogP contribution in [0.4, 0.5) is 0 Å². The van der Waals surface area contributed by atoms with Gasteiger partial charge in [-0.3, -0.25) is 0 Å². The third kappa shape index (κ3) is 1.90. The number of hydrogen-bond acceptors (Lipinski definition) is 1. The van der Waals surface area contributed by atoms with Crippen LogP contribution in [0.2, 0.25) is 0 Å². The SMILES string of the molecule is Cc1cccc(C2NCCc3c2[nH]c2ccccc32)c1C. The normalized spacial score (nSPS) is 17.9. The maximum atomic E-state index is 3.69. The van der Waals surface area contributed by atoms with Crippen molar-refractivity contribution >= 4 is 10.9 Å². The van der Waals surface area contributed by atoms with Crippen molar-refractivity contribution in [1.29, 1.82) is 0 Å². The topological polar surface area (TPSA) is 27.8 Å². The van der Waals surface area contributed by atoms with E-state index >= 15 is 0 Å². The van der Waals surface area contributed by atoms with Gasteiger partial charge in [-0.05, 0) is 48.6 Å². The van der Waals surface area contributed by atoms with Crippen LogP contribution < -0.4 is 5.32 Å². The molecule has 0 saturated carbocycles. The zero-order chi connectivity index (χ0) is 14.4. The quantitative estimate of drug-likeness (QED) is 0.690. The van der Waals surface area contributed by atoms with Gasteiger partial charge in [-0.2, -0.15) is 0 Å². The highest BCUT2D eigenvalue weighted by Crippen LogP contribution is 2.34. The second-order valence-corrected chi connectivity index (χ2v) is 5.99. The van der Waals surface area contributed by atoms with E-state index in [9.17, 15) is 0 Å². The fourth-order valence-corrected chi connectivity index (χ4v) is 3.53. The minimum absolute atomic E-state index is 0.279. The molecule has 3 aromatic rings. The molecule has 1 atom stereocenters. The molecule has 1 aliphatic heterocycles. The molecule has 0 amide bonds. The standard InChI is InChI=1S/C19H20N2/c1-12-6-5-8-14(13(12)2)18-19-16(10-11-20-18)15-7-3-4-9-17(15)21-19/h3-9,18,20-21H,10-11H2,1-2H3. The molecular weight excluding hydrogens is 256 g/mol. The van der Waals surface area contributed by atoms with E-state index in [-0.39, 0.29) is 6.04 Å². The monoisotopic (exact) mass is 276 g/mol. The van der Waals surface area contributed by atoms with Crippen molar-refractivity contribution in [3.63, 3.8) is 0 Å². The van der Waals surface area contributed by atoms with E-state index in [0.29, 0.717) is 0 Å². The zero-order valence-corrected chi connectivity index (χ0v) is 12.5. The molecule has 0 spiro atoms. The van der Waals surface area contributed by atoms with Gasteiger partial charge in [0.15, 0.2) is 0 Å². The molecule has 0 fully saturated rings. The molecule has 0 aliphatic carbocycles. The molecule has 0 bridgehead atoms. The minimum atomic E-state index is 0.279. The van der Waals surface area contributed by atoms with Crippen molar-refractivity contribution < 1.29 is 0 Å². The molecule has 1 aromatic heterocycles. The fourth-order valence-electron chi connectivity index (χ4n) is 3.53. The maximum absolute atomic E-state index is 3.69. The van der Waals surface area contributed by atoms with E-state index < -0.39 is 0 Å². The van der Waals surface area contributed by atoms with Crippen molar-refractivity contribution in [1.82, 2.24) is 10.3 Å². The highest BCUT2D eigenvalue weighted by atomic mass is 15.0. The van der Waals surface area contributed by atoms with Gasteiger partial charge in [-0.25, -0.2) is 0 Å². The van der Waals surface area contributed by atoms with Crippen molar-refractivity contribution in [2.24, 2.45) is 0 Å². The van der Waals surface area contributed by atoms with E-state index in [1.165, 1.54) is 38.9 Å². The minimum Gasteiger partial charge on any atom is -0.357 e. The first-order chi connectivity index (χ1) is 10.3. The summed E-state index contributed by atoms with van der Waals surface area (Å²) in [5.74, 6) is 0. The third-order valence-electron chi connectivity index (χ3n) is 4.82. The van der Waals surface area contributed by atoms with Crippen LogP contribution in [0.5, 0.6) is 0 Å². The molecule has 0 saturated heterocycles. The smallest absolute Gasteiger partial charge is 0.0735 e. The Balaban J connectivity index is 1.92. The van der Waals surface area contributed by atoms with Gasteiger partial charge in [0.25, 0.3) is 0 Å². The number of nitrogens with one attached hydrogen (secondary N) is 2. The maximum Gasteiger partial charge on any atom is 0.0735 e. The van der Waals surface area contributed by atoms with Gasteiger partial charge in [0.2, 0.25) is 0 Å². The highest BCUT2D eigenvalue weighted by Gasteiger charge is 2.26. The summed E-state index contributed by atoms with van der Waals surface area (Å²) >= 11 is 0. The molecule has 106 valence electrons. The summed E-state index contributed by atoms with van der Waals surface area (Å²) in [6.07, 6.45) is 1.10. The highest BCUT2D eigenvalue weighted by molar-refractivity contribution is 5.85. The van der Waals surface area contributed by atoms with Crippen molar-refractivity contribution in [2.75, 3.05) is 6.54 Å². The molecular formula is C19H20N2. The average molecular weight is 276 g/mol. The van der Waals surface area contributed by atoms with E-state index in [2.05, 4.69) is 66.6 Å². The molecule has 21 heavy (non-hydrogen) atoms. The predicted octanol–water partition coefficient (Wildman–Crippen LogP) is 4.02. The fraction of sp³-hybridized carbons (Fsp3) is 0.263. The second-order valence-electron chi connectivity index (χ2n) is 5.99. The summed E-state index contributed by atoms with van der Waals surface area (Å²) < 4.78 is 0. The third-order valence-corrected chi connectivity index (χ3v) is 4.82. The Labute approximate surface area is 125 Å². The zero-order valence-electron chi connectivity index (χ0n) is 12.5. The molecule has 4 rings (SSSR count). The second kappa shape index (κ2) is 4.74. The summed E-state index contributed by atoms with van der Waals surface area (Å²) in [5.41, 5.74) is 8.22. The number of hydrogen-bond donors (Lipinski definition) is 2. The molecule has 2 heteroatoms. The van der Waals surface area contributed by atoms with Gasteiger partial charge in [0.1, 0.15) is 0 Å². The van der Waals surface area contributed by atoms with Crippen molar-refractivity contribution in [3.05, 3.63) is 70.4 Å².